The molecule has 7 heteroatoms. The van der Waals surface area contributed by atoms with Gasteiger partial charge in [-0.05, 0) is 5.75 Å². The molecule has 0 aliphatic rings. The molecule has 1 aromatic heterocycles. The van der Waals surface area contributed by atoms with Gasteiger partial charge in [0.15, 0.2) is 5.01 Å². The van der Waals surface area contributed by atoms with Gasteiger partial charge in [0.05, 0.1) is 0 Å². The van der Waals surface area contributed by atoms with Gasteiger partial charge in [0, 0.05) is 22.9 Å². The zero-order valence-corrected chi connectivity index (χ0v) is 9.68. The molecule has 0 spiro atoms. The third-order valence-corrected chi connectivity index (χ3v) is 3.81. The van der Waals surface area contributed by atoms with Crippen LogP contribution in [0, 0.1) is 0 Å². The average molecular weight is 256 g/mol. The van der Waals surface area contributed by atoms with E-state index in [1.54, 1.807) is 11.8 Å². The molecule has 0 saturated heterocycles. The molecule has 1 heterocycles. The van der Waals surface area contributed by atoms with Crippen LogP contribution in [0.3, 0.4) is 0 Å². The van der Waals surface area contributed by atoms with Crippen molar-refractivity contribution >= 4 is 23.1 Å². The van der Waals surface area contributed by atoms with Gasteiger partial charge in [-0.1, -0.05) is 6.92 Å². The molecule has 1 unspecified atom stereocenters. The summed E-state index contributed by atoms with van der Waals surface area (Å²) in [5.41, 5.74) is 5.72. The number of hydrogen-bond donors (Lipinski definition) is 1. The lowest BCUT2D eigenvalue weighted by Crippen LogP contribution is -2.11. The quantitative estimate of drug-likeness (QED) is 0.900. The number of aromatic nitrogens is 1. The summed E-state index contributed by atoms with van der Waals surface area (Å²) in [6.07, 6.45) is -3.14. The predicted octanol–water partition coefficient (Wildman–Crippen LogP) is 2.91. The first kappa shape index (κ1) is 12.8. The number of hydrogen-bond acceptors (Lipinski definition) is 4. The summed E-state index contributed by atoms with van der Waals surface area (Å²) in [5, 5.41) is -0.825. The molecule has 0 amide bonds. The first-order valence-corrected chi connectivity index (χ1v) is 6.28. The van der Waals surface area contributed by atoms with E-state index in [9.17, 15) is 13.2 Å². The second kappa shape index (κ2) is 5.18. The van der Waals surface area contributed by atoms with Crippen LogP contribution in [-0.2, 0) is 6.18 Å². The number of rotatable bonds is 4. The van der Waals surface area contributed by atoms with Crippen molar-refractivity contribution in [2.45, 2.75) is 19.1 Å². The van der Waals surface area contributed by atoms with Crippen molar-refractivity contribution in [3.8, 4) is 0 Å². The number of halogens is 3. The lowest BCUT2D eigenvalue weighted by atomic mass is 10.3. The van der Waals surface area contributed by atoms with Gasteiger partial charge in [0.2, 0.25) is 0 Å². The summed E-state index contributed by atoms with van der Waals surface area (Å²) in [6.45, 7) is 1.98. The highest BCUT2D eigenvalue weighted by molar-refractivity contribution is 7.99. The molecule has 0 radical (unpaired) electrons. The van der Waals surface area contributed by atoms with Crippen molar-refractivity contribution in [3.05, 3.63) is 16.1 Å². The Bertz CT molecular complexity index is 311. The Morgan fingerprint density at radius 1 is 1.60 bits per heavy atom. The van der Waals surface area contributed by atoms with Crippen LogP contribution in [0.4, 0.5) is 13.2 Å². The number of nitrogens with two attached hydrogens (primary N) is 1. The minimum absolute atomic E-state index is 0.358. The Morgan fingerprint density at radius 3 is 2.73 bits per heavy atom. The number of thiazole rings is 1. The predicted molar refractivity (Wildman–Crippen MR) is 57.0 cm³/mol. The molecule has 0 aromatic carbocycles. The van der Waals surface area contributed by atoms with Crippen molar-refractivity contribution < 1.29 is 13.2 Å². The van der Waals surface area contributed by atoms with Gasteiger partial charge in [0.25, 0.3) is 0 Å². The lowest BCUT2D eigenvalue weighted by molar-refractivity contribution is -0.137. The van der Waals surface area contributed by atoms with Crippen LogP contribution in [0.1, 0.15) is 22.9 Å². The fourth-order valence-electron chi connectivity index (χ4n) is 0.916. The standard InChI is InChI=1S/C8H11F3N2S2/c1-2-14-4-5(12)6-3-13-7(15-6)8(9,10)11/h3,5H,2,4,12H2,1H3. The summed E-state index contributed by atoms with van der Waals surface area (Å²) in [7, 11) is 0. The van der Waals surface area contributed by atoms with E-state index in [4.69, 9.17) is 5.73 Å². The van der Waals surface area contributed by atoms with Crippen LogP contribution < -0.4 is 5.73 Å². The van der Waals surface area contributed by atoms with E-state index < -0.39 is 11.2 Å². The molecule has 1 rings (SSSR count). The third-order valence-electron chi connectivity index (χ3n) is 1.63. The van der Waals surface area contributed by atoms with E-state index in [-0.39, 0.29) is 6.04 Å². The van der Waals surface area contributed by atoms with Crippen LogP contribution in [-0.4, -0.2) is 16.5 Å². The second-order valence-electron chi connectivity index (χ2n) is 2.83. The van der Waals surface area contributed by atoms with Crippen molar-refractivity contribution in [3.63, 3.8) is 0 Å². The Balaban J connectivity index is 2.67. The molecule has 0 fully saturated rings. The maximum Gasteiger partial charge on any atom is 0.443 e. The zero-order valence-electron chi connectivity index (χ0n) is 8.04. The van der Waals surface area contributed by atoms with Gasteiger partial charge in [-0.25, -0.2) is 4.98 Å². The Hall–Kier alpha value is -0.270. The molecule has 0 aliphatic carbocycles. The molecular formula is C8H11F3N2S2. The maximum atomic E-state index is 12.2. The SMILES string of the molecule is CCSCC(N)c1cnc(C(F)(F)F)s1. The summed E-state index contributed by atoms with van der Waals surface area (Å²) >= 11 is 2.22. The lowest BCUT2D eigenvalue weighted by Gasteiger charge is -2.06. The Kier molecular flexibility index (Phi) is 4.42. The van der Waals surface area contributed by atoms with Crippen molar-refractivity contribution in [1.82, 2.24) is 4.98 Å². The fourth-order valence-corrected chi connectivity index (χ4v) is 2.48. The molecule has 2 nitrogen and oxygen atoms in total. The molecule has 1 atom stereocenters. The van der Waals surface area contributed by atoms with E-state index in [1.165, 1.54) is 6.20 Å². The number of alkyl halides is 3. The van der Waals surface area contributed by atoms with Crippen LogP contribution >= 0.6 is 23.1 Å². The minimum atomic E-state index is -4.36. The fraction of sp³-hybridized carbons (Fsp3) is 0.625. The topological polar surface area (TPSA) is 38.9 Å². The number of nitrogens with zero attached hydrogens (tertiary/aromatic N) is 1. The second-order valence-corrected chi connectivity index (χ2v) is 5.21. The monoisotopic (exact) mass is 256 g/mol. The van der Waals surface area contributed by atoms with Crippen molar-refractivity contribution in [2.75, 3.05) is 11.5 Å². The molecule has 1 aromatic rings. The van der Waals surface area contributed by atoms with Gasteiger partial charge in [-0.2, -0.15) is 24.9 Å². The molecule has 15 heavy (non-hydrogen) atoms. The molecule has 0 bridgehead atoms. The largest absolute Gasteiger partial charge is 0.443 e. The number of thioether (sulfide) groups is 1. The molecule has 0 saturated carbocycles. The highest BCUT2D eigenvalue weighted by Crippen LogP contribution is 2.34. The van der Waals surface area contributed by atoms with E-state index in [0.29, 0.717) is 22.0 Å². The molecular weight excluding hydrogens is 245 g/mol. The summed E-state index contributed by atoms with van der Waals surface area (Å²) in [4.78, 5) is 3.81. The normalized spacial score (nSPS) is 14.2. The van der Waals surface area contributed by atoms with Gasteiger partial charge in [0.1, 0.15) is 0 Å². The third kappa shape index (κ3) is 3.66. The van der Waals surface area contributed by atoms with Gasteiger partial charge < -0.3 is 5.73 Å². The molecule has 86 valence electrons. The van der Waals surface area contributed by atoms with E-state index in [0.717, 1.165) is 5.75 Å². The van der Waals surface area contributed by atoms with Crippen LogP contribution in [0.5, 0.6) is 0 Å². The van der Waals surface area contributed by atoms with E-state index >= 15 is 0 Å². The van der Waals surface area contributed by atoms with Crippen molar-refractivity contribution in [1.29, 1.82) is 0 Å². The van der Waals surface area contributed by atoms with Crippen LogP contribution in [0.2, 0.25) is 0 Å². The molecule has 2 N–H and O–H groups in total. The first-order chi connectivity index (χ1) is 6.95. The summed E-state index contributed by atoms with van der Waals surface area (Å²) in [5.74, 6) is 1.52. The van der Waals surface area contributed by atoms with Crippen LogP contribution in [0.15, 0.2) is 6.20 Å². The van der Waals surface area contributed by atoms with Gasteiger partial charge in [-0.3, -0.25) is 0 Å². The van der Waals surface area contributed by atoms with Gasteiger partial charge in [-0.15, -0.1) is 11.3 Å². The minimum Gasteiger partial charge on any atom is -0.323 e. The van der Waals surface area contributed by atoms with E-state index in [2.05, 4.69) is 4.98 Å². The molecule has 0 aliphatic heterocycles. The highest BCUT2D eigenvalue weighted by atomic mass is 32.2. The highest BCUT2D eigenvalue weighted by Gasteiger charge is 2.34. The maximum absolute atomic E-state index is 12.2. The Morgan fingerprint density at radius 2 is 2.27 bits per heavy atom. The first-order valence-electron chi connectivity index (χ1n) is 4.31. The summed E-state index contributed by atoms with van der Waals surface area (Å²) < 4.78 is 36.7. The summed E-state index contributed by atoms with van der Waals surface area (Å²) in [6, 6.07) is -0.358. The zero-order chi connectivity index (χ0) is 11.5. The smallest absolute Gasteiger partial charge is 0.323 e. The van der Waals surface area contributed by atoms with Crippen molar-refractivity contribution in [2.24, 2.45) is 5.73 Å². The Labute approximate surface area is 94.1 Å². The van der Waals surface area contributed by atoms with E-state index in [1.807, 2.05) is 6.92 Å². The van der Waals surface area contributed by atoms with Crippen LogP contribution in [0.25, 0.3) is 0 Å². The average Bonchev–Trinajstić information content (AvgIpc) is 2.62. The van der Waals surface area contributed by atoms with Gasteiger partial charge >= 0.3 is 6.18 Å².